The molecule has 0 heterocycles. The van der Waals surface area contributed by atoms with Crippen LogP contribution in [0.1, 0.15) is 281 Å². The van der Waals surface area contributed by atoms with E-state index >= 15 is 0 Å². The number of unbranched alkanes of at least 4 members (excludes halogenated alkanes) is 32. The Morgan fingerprint density at radius 1 is 0.288 bits per heavy atom. The fourth-order valence-corrected chi connectivity index (χ4v) is 11.9. The van der Waals surface area contributed by atoms with Crippen LogP contribution in [0.3, 0.4) is 0 Å². The molecule has 0 fully saturated rings. The molecule has 0 saturated heterocycles. The molecular formula is C64H102BaO6S2. The first-order valence-corrected chi connectivity index (χ1v) is 32.8. The molecule has 0 aliphatic carbocycles. The van der Waals surface area contributed by atoms with Gasteiger partial charge in [0.15, 0.2) is 0 Å². The predicted molar refractivity (Wildman–Crippen MR) is 313 cm³/mol. The Hall–Kier alpha value is -1.21. The van der Waals surface area contributed by atoms with Gasteiger partial charge in [-0.15, -0.1) is 0 Å². The number of rotatable bonds is 42. The Morgan fingerprint density at radius 2 is 0.507 bits per heavy atom. The maximum Gasteiger partial charge on any atom is 2.00 e. The van der Waals surface area contributed by atoms with Crippen LogP contribution in [0.5, 0.6) is 0 Å². The zero-order valence-electron chi connectivity index (χ0n) is 47.0. The number of fused-ring (bicyclic) bond motifs is 2. The standard InChI is InChI=1S/2C32H52O3S.Ba/c2*1-3-5-7-9-11-13-15-17-19-21-28-23-24-30-25-29(27-32(31(30)26-28)36(33,34)35)22-20-18-16-14-12-10-8-6-4-2;/h2*23-27H,3-22H2,1-2H3,(H,33,34,35);/q;;+2/p-2. The van der Waals surface area contributed by atoms with E-state index in [1.807, 2.05) is 24.3 Å². The Bertz CT molecular complexity index is 2100. The quantitative estimate of drug-likeness (QED) is 0.0248. The SMILES string of the molecule is CCCCCCCCCCCc1cc(S(=O)(=O)[O-])c2cc(CCCCCCCCCCC)ccc2c1.CCCCCCCCCCCc1cc(S(=O)(=O)[O-])c2cc(CCCCCCCCCCC)ccc2c1.[Ba+2]. The third-order valence-corrected chi connectivity index (χ3v) is 16.6. The number of benzene rings is 4. The number of aryl methyl sites for hydroxylation is 4. The maximum atomic E-state index is 12.1. The van der Waals surface area contributed by atoms with Crippen LogP contribution >= 0.6 is 0 Å². The Balaban J connectivity index is 0.000000493. The van der Waals surface area contributed by atoms with Gasteiger partial charge in [-0.05, 0) is 119 Å². The fraction of sp³-hybridized carbons (Fsp3) is 0.688. The first kappa shape index (κ1) is 67.9. The summed E-state index contributed by atoms with van der Waals surface area (Å²) in [6.07, 6.45) is 49.3. The van der Waals surface area contributed by atoms with Crippen LogP contribution in [0.25, 0.3) is 21.5 Å². The zero-order chi connectivity index (χ0) is 52.1. The van der Waals surface area contributed by atoms with Gasteiger partial charge in [0.2, 0.25) is 0 Å². The van der Waals surface area contributed by atoms with E-state index in [1.54, 1.807) is 12.1 Å². The summed E-state index contributed by atoms with van der Waals surface area (Å²) in [6.45, 7) is 8.99. The van der Waals surface area contributed by atoms with Crippen molar-refractivity contribution >= 4 is 90.7 Å². The molecule has 0 N–H and O–H groups in total. The minimum absolute atomic E-state index is 0. The van der Waals surface area contributed by atoms with Crippen LogP contribution in [0.4, 0.5) is 0 Å². The van der Waals surface area contributed by atoms with Gasteiger partial charge in [0, 0.05) is 0 Å². The van der Waals surface area contributed by atoms with Gasteiger partial charge in [0.05, 0.1) is 9.79 Å². The second kappa shape index (κ2) is 41.8. The molecule has 73 heavy (non-hydrogen) atoms. The van der Waals surface area contributed by atoms with Gasteiger partial charge in [-0.2, -0.15) is 0 Å². The van der Waals surface area contributed by atoms with Crippen LogP contribution in [0.2, 0.25) is 0 Å². The molecule has 0 atom stereocenters. The molecule has 0 radical (unpaired) electrons. The van der Waals surface area contributed by atoms with E-state index in [4.69, 9.17) is 0 Å². The molecule has 9 heteroatoms. The molecule has 4 aromatic rings. The average Bonchev–Trinajstić information content (AvgIpc) is 3.36. The Morgan fingerprint density at radius 3 is 0.740 bits per heavy atom. The van der Waals surface area contributed by atoms with E-state index in [9.17, 15) is 25.9 Å². The van der Waals surface area contributed by atoms with Crippen LogP contribution in [-0.4, -0.2) is 74.8 Å². The maximum absolute atomic E-state index is 12.1. The fourth-order valence-electron chi connectivity index (χ4n) is 10.4. The van der Waals surface area contributed by atoms with Gasteiger partial charge in [0.25, 0.3) is 0 Å². The molecule has 0 saturated carbocycles. The van der Waals surface area contributed by atoms with Crippen molar-refractivity contribution in [3.63, 3.8) is 0 Å². The third kappa shape index (κ3) is 30.5. The minimum atomic E-state index is -4.51. The van der Waals surface area contributed by atoms with Crippen molar-refractivity contribution in [1.82, 2.24) is 0 Å². The topological polar surface area (TPSA) is 114 Å². The van der Waals surface area contributed by atoms with Crippen LogP contribution in [0.15, 0.2) is 70.5 Å². The van der Waals surface area contributed by atoms with Crippen molar-refractivity contribution in [2.75, 3.05) is 0 Å². The van der Waals surface area contributed by atoms with Crippen LogP contribution in [0, 0.1) is 0 Å². The number of hydrogen-bond acceptors (Lipinski definition) is 6. The van der Waals surface area contributed by atoms with E-state index in [1.165, 1.54) is 193 Å². The molecule has 6 nitrogen and oxygen atoms in total. The van der Waals surface area contributed by atoms with Crippen molar-refractivity contribution in [3.8, 4) is 0 Å². The third-order valence-electron chi connectivity index (χ3n) is 14.9. The van der Waals surface area contributed by atoms with Gasteiger partial charge < -0.3 is 9.11 Å². The molecule has 0 amide bonds. The first-order chi connectivity index (χ1) is 34.9. The Labute approximate surface area is 489 Å². The van der Waals surface area contributed by atoms with Gasteiger partial charge in [-0.25, -0.2) is 16.8 Å². The van der Waals surface area contributed by atoms with Crippen molar-refractivity contribution in [1.29, 1.82) is 0 Å². The summed E-state index contributed by atoms with van der Waals surface area (Å²) >= 11 is 0. The summed E-state index contributed by atoms with van der Waals surface area (Å²) in [5.41, 5.74) is 4.18. The van der Waals surface area contributed by atoms with Crippen molar-refractivity contribution in [2.45, 2.75) is 294 Å². The van der Waals surface area contributed by atoms with Crippen molar-refractivity contribution < 1.29 is 25.9 Å². The Kier molecular flexibility index (Phi) is 38.9. The van der Waals surface area contributed by atoms with Gasteiger partial charge in [0.1, 0.15) is 20.2 Å². The molecule has 0 aliphatic rings. The predicted octanol–water partition coefficient (Wildman–Crippen LogP) is 19.4. The molecule has 0 aromatic heterocycles. The largest absolute Gasteiger partial charge is 2.00 e. The molecule has 0 bridgehead atoms. The molecule has 0 unspecified atom stereocenters. The zero-order valence-corrected chi connectivity index (χ0v) is 53.1. The second-order valence-corrected chi connectivity index (χ2v) is 24.2. The first-order valence-electron chi connectivity index (χ1n) is 29.9. The van der Waals surface area contributed by atoms with E-state index in [2.05, 4.69) is 52.0 Å². The molecule has 0 aliphatic heterocycles. The molecule has 4 rings (SSSR count). The van der Waals surface area contributed by atoms with Gasteiger partial charge >= 0.3 is 48.9 Å². The molecule has 408 valence electrons. The summed E-state index contributed by atoms with van der Waals surface area (Å²) in [7, 11) is -9.02. The monoisotopic (exact) mass is 1170 g/mol. The summed E-state index contributed by atoms with van der Waals surface area (Å²) in [5, 5.41) is 2.92. The summed E-state index contributed by atoms with van der Waals surface area (Å²) in [6, 6.07) is 19.5. The van der Waals surface area contributed by atoms with E-state index in [-0.39, 0.29) is 58.7 Å². The van der Waals surface area contributed by atoms with Crippen molar-refractivity contribution in [2.24, 2.45) is 0 Å². The van der Waals surface area contributed by atoms with Gasteiger partial charge in [-0.1, -0.05) is 270 Å². The normalized spacial score (nSPS) is 11.8. The van der Waals surface area contributed by atoms with Gasteiger partial charge in [-0.3, -0.25) is 0 Å². The average molecular weight is 1170 g/mol. The molecule has 4 aromatic carbocycles. The summed E-state index contributed by atoms with van der Waals surface area (Å²) in [5.74, 6) is 0. The summed E-state index contributed by atoms with van der Waals surface area (Å²) in [4.78, 5) is -0.0836. The van der Waals surface area contributed by atoms with E-state index in [0.29, 0.717) is 10.8 Å². The molecular weight excluding hydrogens is 1070 g/mol. The molecule has 0 spiro atoms. The summed E-state index contributed by atoms with van der Waals surface area (Å²) < 4.78 is 72.6. The van der Waals surface area contributed by atoms with E-state index < -0.39 is 20.2 Å². The second-order valence-electron chi connectivity index (χ2n) is 21.5. The minimum Gasteiger partial charge on any atom is -0.744 e. The van der Waals surface area contributed by atoms with Crippen LogP contribution in [-0.2, 0) is 45.9 Å². The van der Waals surface area contributed by atoms with Crippen molar-refractivity contribution in [3.05, 3.63) is 82.9 Å². The van der Waals surface area contributed by atoms with E-state index in [0.717, 1.165) is 97.2 Å². The van der Waals surface area contributed by atoms with Crippen LogP contribution < -0.4 is 0 Å². The smallest absolute Gasteiger partial charge is 0.744 e. The number of hydrogen-bond donors (Lipinski definition) is 0.